The predicted molar refractivity (Wildman–Crippen MR) is 77.2 cm³/mol. The summed E-state index contributed by atoms with van der Waals surface area (Å²) in [5.74, 6) is -0.182. The maximum absolute atomic E-state index is 12.9. The summed E-state index contributed by atoms with van der Waals surface area (Å²) in [6.07, 6.45) is 0.505. The summed E-state index contributed by atoms with van der Waals surface area (Å²) >= 11 is 4.88. The molecule has 0 saturated carbocycles. The monoisotopic (exact) mass is 340 g/mol. The van der Waals surface area contributed by atoms with Crippen molar-refractivity contribution in [3.05, 3.63) is 35.5 Å². The number of hydrogen-bond acceptors (Lipinski definition) is 3. The molecule has 98 valence electrons. The molecule has 19 heavy (non-hydrogen) atoms. The van der Waals surface area contributed by atoms with Crippen molar-refractivity contribution in [2.24, 2.45) is 0 Å². The molecule has 1 aromatic carbocycles. The third-order valence-corrected chi connectivity index (χ3v) is 4.42. The van der Waals surface area contributed by atoms with Gasteiger partial charge >= 0.3 is 0 Å². The Kier molecular flexibility index (Phi) is 3.36. The second-order valence-corrected chi connectivity index (χ2v) is 6.46. The van der Waals surface area contributed by atoms with Crippen LogP contribution >= 0.6 is 27.3 Å². The van der Waals surface area contributed by atoms with E-state index in [1.807, 2.05) is 5.38 Å². The van der Waals surface area contributed by atoms with E-state index in [-0.39, 0.29) is 16.6 Å². The summed E-state index contributed by atoms with van der Waals surface area (Å²) < 4.78 is 12.9. The van der Waals surface area contributed by atoms with E-state index in [1.54, 1.807) is 17.0 Å². The molecular formula is C13H10BrFN2OS. The van der Waals surface area contributed by atoms with Crippen LogP contribution in [-0.2, 0) is 4.79 Å². The lowest BCUT2D eigenvalue weighted by Crippen LogP contribution is -2.24. The first-order valence-corrected chi connectivity index (χ1v) is 7.59. The highest BCUT2D eigenvalue weighted by molar-refractivity contribution is 9.09. The highest BCUT2D eigenvalue weighted by Crippen LogP contribution is 2.31. The number of alkyl halides is 1. The molecule has 1 saturated heterocycles. The lowest BCUT2D eigenvalue weighted by atomic mass is 10.2. The van der Waals surface area contributed by atoms with Crippen LogP contribution in [0.5, 0.6) is 0 Å². The van der Waals surface area contributed by atoms with E-state index in [0.717, 1.165) is 11.3 Å². The van der Waals surface area contributed by atoms with Crippen LogP contribution in [0.4, 0.5) is 9.52 Å². The molecule has 1 unspecified atom stereocenters. The Hall–Kier alpha value is -1.27. The van der Waals surface area contributed by atoms with Crippen molar-refractivity contribution in [3.8, 4) is 11.3 Å². The normalized spacial score (nSPS) is 19.2. The van der Waals surface area contributed by atoms with Crippen LogP contribution in [-0.4, -0.2) is 22.3 Å². The number of rotatable bonds is 2. The first-order chi connectivity index (χ1) is 9.13. The third kappa shape index (κ3) is 2.55. The molecule has 1 atom stereocenters. The summed E-state index contributed by atoms with van der Waals surface area (Å²) in [7, 11) is 0. The van der Waals surface area contributed by atoms with Crippen molar-refractivity contribution in [2.45, 2.75) is 11.2 Å². The molecule has 0 aliphatic carbocycles. The Bertz CT molecular complexity index is 613. The fraction of sp³-hybridized carbons (Fsp3) is 0.231. The molecule has 3 rings (SSSR count). The van der Waals surface area contributed by atoms with Gasteiger partial charge in [-0.3, -0.25) is 9.69 Å². The lowest BCUT2D eigenvalue weighted by molar-refractivity contribution is -0.117. The van der Waals surface area contributed by atoms with Gasteiger partial charge in [-0.1, -0.05) is 15.9 Å². The van der Waals surface area contributed by atoms with Gasteiger partial charge in [-0.05, 0) is 24.3 Å². The number of aromatic nitrogens is 1. The van der Waals surface area contributed by atoms with E-state index in [0.29, 0.717) is 18.1 Å². The topological polar surface area (TPSA) is 33.2 Å². The number of hydrogen-bond donors (Lipinski definition) is 0. The minimum Gasteiger partial charge on any atom is -0.287 e. The van der Waals surface area contributed by atoms with Gasteiger partial charge in [-0.25, -0.2) is 9.37 Å². The second kappa shape index (κ2) is 5.02. The van der Waals surface area contributed by atoms with Crippen LogP contribution in [0.3, 0.4) is 0 Å². The zero-order valence-electron chi connectivity index (χ0n) is 9.85. The van der Waals surface area contributed by atoms with Crippen molar-refractivity contribution >= 4 is 38.3 Å². The summed E-state index contributed by atoms with van der Waals surface area (Å²) in [5.41, 5.74) is 1.62. The number of nitrogens with zero attached hydrogens (tertiary/aromatic N) is 2. The highest BCUT2D eigenvalue weighted by Gasteiger charge is 2.30. The third-order valence-electron chi connectivity index (χ3n) is 2.94. The van der Waals surface area contributed by atoms with Gasteiger partial charge in [0.1, 0.15) is 5.82 Å². The second-order valence-electron chi connectivity index (χ2n) is 4.33. The van der Waals surface area contributed by atoms with Gasteiger partial charge in [-0.15, -0.1) is 11.3 Å². The Balaban J connectivity index is 1.87. The SMILES string of the molecule is O=C1CC(Br)CN1c1nc(-c2ccc(F)cc2)cs1. The van der Waals surface area contributed by atoms with Crippen LogP contribution in [0.15, 0.2) is 29.6 Å². The minimum atomic E-state index is -0.268. The van der Waals surface area contributed by atoms with Gasteiger partial charge in [0.05, 0.1) is 5.69 Å². The Morgan fingerprint density at radius 3 is 2.74 bits per heavy atom. The number of anilines is 1. The van der Waals surface area contributed by atoms with Crippen LogP contribution in [0.2, 0.25) is 0 Å². The number of thiazole rings is 1. The fourth-order valence-corrected chi connectivity index (χ4v) is 3.42. The zero-order valence-corrected chi connectivity index (χ0v) is 12.2. The van der Waals surface area contributed by atoms with Gasteiger partial charge in [0, 0.05) is 28.7 Å². The molecule has 1 fully saturated rings. The first-order valence-electron chi connectivity index (χ1n) is 5.79. The summed E-state index contributed by atoms with van der Waals surface area (Å²) in [4.78, 5) is 18.1. The van der Waals surface area contributed by atoms with Gasteiger partial charge in [0.15, 0.2) is 5.13 Å². The maximum Gasteiger partial charge on any atom is 0.230 e. The fourth-order valence-electron chi connectivity index (χ4n) is 1.99. The van der Waals surface area contributed by atoms with Crippen LogP contribution in [0.1, 0.15) is 6.42 Å². The minimum absolute atomic E-state index is 0.0851. The van der Waals surface area contributed by atoms with Gasteiger partial charge < -0.3 is 0 Å². The number of halogens is 2. The molecule has 6 heteroatoms. The van der Waals surface area contributed by atoms with Gasteiger partial charge in [0.2, 0.25) is 5.91 Å². The van der Waals surface area contributed by atoms with Crippen molar-refractivity contribution in [3.63, 3.8) is 0 Å². The van der Waals surface area contributed by atoms with Crippen molar-refractivity contribution in [1.29, 1.82) is 0 Å². The molecule has 1 aromatic heterocycles. The Labute approximate surface area is 122 Å². The zero-order chi connectivity index (χ0) is 13.4. The summed E-state index contributed by atoms with van der Waals surface area (Å²) in [5, 5.41) is 2.59. The Morgan fingerprint density at radius 2 is 2.11 bits per heavy atom. The first kappa shape index (κ1) is 12.7. The molecule has 1 aliphatic rings. The number of amides is 1. The van der Waals surface area contributed by atoms with E-state index < -0.39 is 0 Å². The predicted octanol–water partition coefficient (Wildman–Crippen LogP) is 3.45. The molecule has 2 heterocycles. The molecule has 3 nitrogen and oxygen atoms in total. The van der Waals surface area contributed by atoms with Gasteiger partial charge in [0.25, 0.3) is 0 Å². The number of benzene rings is 1. The Morgan fingerprint density at radius 1 is 1.37 bits per heavy atom. The molecule has 1 amide bonds. The van der Waals surface area contributed by atoms with Crippen molar-refractivity contribution < 1.29 is 9.18 Å². The summed E-state index contributed by atoms with van der Waals surface area (Å²) in [6, 6.07) is 6.19. The van der Waals surface area contributed by atoms with Crippen molar-refractivity contribution in [2.75, 3.05) is 11.4 Å². The average molecular weight is 341 g/mol. The quantitative estimate of drug-likeness (QED) is 0.784. The van der Waals surface area contributed by atoms with Gasteiger partial charge in [-0.2, -0.15) is 0 Å². The molecule has 0 bridgehead atoms. The van der Waals surface area contributed by atoms with Crippen molar-refractivity contribution in [1.82, 2.24) is 4.98 Å². The molecule has 1 aliphatic heterocycles. The van der Waals surface area contributed by atoms with E-state index in [9.17, 15) is 9.18 Å². The maximum atomic E-state index is 12.9. The summed E-state index contributed by atoms with van der Waals surface area (Å²) in [6.45, 7) is 0.648. The molecule has 0 spiro atoms. The van der Waals surface area contributed by atoms with Crippen LogP contribution in [0, 0.1) is 5.82 Å². The van der Waals surface area contributed by atoms with E-state index in [1.165, 1.54) is 23.5 Å². The number of carbonyl (C=O) groups excluding carboxylic acids is 1. The lowest BCUT2D eigenvalue weighted by Gasteiger charge is -2.10. The van der Waals surface area contributed by atoms with E-state index in [2.05, 4.69) is 20.9 Å². The standard InChI is InChI=1S/C13H10BrFN2OS/c14-9-5-12(18)17(6-9)13-16-11(7-19-13)8-1-3-10(15)4-2-8/h1-4,7,9H,5-6H2. The highest BCUT2D eigenvalue weighted by atomic mass is 79.9. The molecular weight excluding hydrogens is 331 g/mol. The largest absolute Gasteiger partial charge is 0.287 e. The van der Waals surface area contributed by atoms with Crippen LogP contribution in [0.25, 0.3) is 11.3 Å². The van der Waals surface area contributed by atoms with E-state index in [4.69, 9.17) is 0 Å². The molecule has 0 radical (unpaired) electrons. The molecule has 2 aromatic rings. The molecule has 0 N–H and O–H groups in total. The van der Waals surface area contributed by atoms with Crippen LogP contribution < -0.4 is 4.90 Å². The number of carbonyl (C=O) groups is 1. The van der Waals surface area contributed by atoms with E-state index >= 15 is 0 Å². The smallest absolute Gasteiger partial charge is 0.230 e. The average Bonchev–Trinajstić information content (AvgIpc) is 2.97.